The van der Waals surface area contributed by atoms with E-state index < -0.39 is 0 Å². The highest BCUT2D eigenvalue weighted by Gasteiger charge is 2.23. The first kappa shape index (κ1) is 18.2. The monoisotopic (exact) mass is 290 g/mol. The van der Waals surface area contributed by atoms with Gasteiger partial charge in [-0.25, -0.2) is 0 Å². The van der Waals surface area contributed by atoms with Crippen molar-refractivity contribution in [3.05, 3.63) is 35.4 Å². The number of benzene rings is 1. The molecule has 21 heavy (non-hydrogen) atoms. The van der Waals surface area contributed by atoms with Crippen molar-refractivity contribution in [1.29, 1.82) is 0 Å². The fourth-order valence-corrected chi connectivity index (χ4v) is 2.67. The topological polar surface area (TPSA) is 15.3 Å². The van der Waals surface area contributed by atoms with Crippen molar-refractivity contribution < 1.29 is 0 Å². The van der Waals surface area contributed by atoms with Crippen LogP contribution in [0.4, 0.5) is 0 Å². The first-order chi connectivity index (χ1) is 9.84. The van der Waals surface area contributed by atoms with Crippen LogP contribution >= 0.6 is 0 Å². The normalized spacial score (nSPS) is 14.7. The Hall–Kier alpha value is -0.860. The Labute approximate surface area is 131 Å². The molecule has 1 unspecified atom stereocenters. The molecule has 0 heterocycles. The van der Waals surface area contributed by atoms with E-state index in [4.69, 9.17) is 0 Å². The molecule has 0 aliphatic rings. The van der Waals surface area contributed by atoms with Crippen LogP contribution in [0.1, 0.15) is 45.2 Å². The molecule has 1 aromatic carbocycles. The fourth-order valence-electron chi connectivity index (χ4n) is 2.67. The lowest BCUT2D eigenvalue weighted by Gasteiger charge is -2.33. The molecule has 0 saturated carbocycles. The highest BCUT2D eigenvalue weighted by molar-refractivity contribution is 5.21. The van der Waals surface area contributed by atoms with Crippen molar-refractivity contribution in [2.75, 3.05) is 26.7 Å². The Morgan fingerprint density at radius 2 is 1.81 bits per heavy atom. The van der Waals surface area contributed by atoms with Crippen molar-refractivity contribution in [2.24, 2.45) is 11.3 Å². The summed E-state index contributed by atoms with van der Waals surface area (Å²) in [5.74, 6) is 0.719. The van der Waals surface area contributed by atoms with Crippen molar-refractivity contribution in [1.82, 2.24) is 10.2 Å². The summed E-state index contributed by atoms with van der Waals surface area (Å²) in [5.41, 5.74) is 3.07. The standard InChI is InChI=1S/C19H34N2/c1-7-19(5,14-20-12-16(2)3)15-21(6)13-18-10-8-17(4)9-11-18/h8-11,16,20H,7,12-15H2,1-6H3. The third-order valence-corrected chi connectivity index (χ3v) is 4.18. The van der Waals surface area contributed by atoms with E-state index in [1.54, 1.807) is 0 Å². The summed E-state index contributed by atoms with van der Waals surface area (Å²) < 4.78 is 0. The molecule has 0 radical (unpaired) electrons. The molecule has 0 fully saturated rings. The zero-order valence-corrected chi connectivity index (χ0v) is 14.9. The SMILES string of the molecule is CCC(C)(CNCC(C)C)CN(C)Cc1ccc(C)cc1. The highest BCUT2D eigenvalue weighted by atomic mass is 15.1. The molecule has 0 saturated heterocycles. The van der Waals surface area contributed by atoms with Gasteiger partial charge in [-0.3, -0.25) is 0 Å². The Balaban J connectivity index is 2.48. The van der Waals surface area contributed by atoms with Gasteiger partial charge in [0, 0.05) is 19.6 Å². The van der Waals surface area contributed by atoms with Gasteiger partial charge in [0.25, 0.3) is 0 Å². The van der Waals surface area contributed by atoms with Crippen LogP contribution in [-0.4, -0.2) is 31.6 Å². The van der Waals surface area contributed by atoms with Gasteiger partial charge in [0.15, 0.2) is 0 Å². The molecule has 2 heteroatoms. The summed E-state index contributed by atoms with van der Waals surface area (Å²) in [6.45, 7) is 15.7. The van der Waals surface area contributed by atoms with Crippen LogP contribution in [0.25, 0.3) is 0 Å². The lowest BCUT2D eigenvalue weighted by Crippen LogP contribution is -2.41. The number of hydrogen-bond donors (Lipinski definition) is 1. The molecule has 0 aliphatic carbocycles. The average molecular weight is 290 g/mol. The van der Waals surface area contributed by atoms with Crippen LogP contribution < -0.4 is 5.32 Å². The van der Waals surface area contributed by atoms with Crippen LogP contribution in [0, 0.1) is 18.3 Å². The third kappa shape index (κ3) is 7.10. The zero-order valence-electron chi connectivity index (χ0n) is 14.9. The Bertz CT molecular complexity index is 397. The largest absolute Gasteiger partial charge is 0.316 e. The minimum atomic E-state index is 0.342. The second-order valence-electron chi connectivity index (χ2n) is 7.35. The zero-order chi connectivity index (χ0) is 15.9. The number of rotatable bonds is 9. The van der Waals surface area contributed by atoms with Crippen molar-refractivity contribution in [3.63, 3.8) is 0 Å². The average Bonchev–Trinajstić information content (AvgIpc) is 2.41. The number of nitrogens with one attached hydrogen (secondary N) is 1. The second-order valence-corrected chi connectivity index (χ2v) is 7.35. The number of aryl methyl sites for hydroxylation is 1. The minimum absolute atomic E-state index is 0.342. The molecular weight excluding hydrogens is 256 g/mol. The molecule has 0 amide bonds. The molecule has 0 aliphatic heterocycles. The number of hydrogen-bond acceptors (Lipinski definition) is 2. The van der Waals surface area contributed by atoms with Crippen LogP contribution in [0.2, 0.25) is 0 Å². The summed E-state index contributed by atoms with van der Waals surface area (Å²) in [5, 5.41) is 3.63. The van der Waals surface area contributed by atoms with Crippen LogP contribution in [-0.2, 0) is 6.54 Å². The third-order valence-electron chi connectivity index (χ3n) is 4.18. The van der Waals surface area contributed by atoms with Gasteiger partial charge < -0.3 is 10.2 Å². The van der Waals surface area contributed by atoms with Gasteiger partial charge in [0.05, 0.1) is 0 Å². The van der Waals surface area contributed by atoms with E-state index in [9.17, 15) is 0 Å². The van der Waals surface area contributed by atoms with Gasteiger partial charge in [-0.15, -0.1) is 0 Å². The van der Waals surface area contributed by atoms with Gasteiger partial charge in [0.2, 0.25) is 0 Å². The molecule has 0 spiro atoms. The first-order valence-corrected chi connectivity index (χ1v) is 8.29. The summed E-state index contributed by atoms with van der Waals surface area (Å²) in [4.78, 5) is 2.45. The molecule has 120 valence electrons. The molecular formula is C19H34N2. The van der Waals surface area contributed by atoms with Crippen LogP contribution in [0.15, 0.2) is 24.3 Å². The van der Waals surface area contributed by atoms with E-state index in [2.05, 4.69) is 76.1 Å². The summed E-state index contributed by atoms with van der Waals surface area (Å²) in [6.07, 6.45) is 1.20. The van der Waals surface area contributed by atoms with E-state index in [1.165, 1.54) is 17.5 Å². The van der Waals surface area contributed by atoms with E-state index >= 15 is 0 Å². The summed E-state index contributed by atoms with van der Waals surface area (Å²) in [6, 6.07) is 8.89. The lowest BCUT2D eigenvalue weighted by molar-refractivity contribution is 0.174. The fraction of sp³-hybridized carbons (Fsp3) is 0.684. The Morgan fingerprint density at radius 3 is 2.33 bits per heavy atom. The molecule has 1 aromatic rings. The van der Waals surface area contributed by atoms with Gasteiger partial charge in [-0.05, 0) is 43.8 Å². The van der Waals surface area contributed by atoms with Gasteiger partial charge in [-0.2, -0.15) is 0 Å². The molecule has 0 aromatic heterocycles. The second kappa shape index (κ2) is 8.55. The summed E-state index contributed by atoms with van der Waals surface area (Å²) in [7, 11) is 2.23. The maximum absolute atomic E-state index is 3.63. The molecule has 1 atom stereocenters. The van der Waals surface area contributed by atoms with Gasteiger partial charge >= 0.3 is 0 Å². The minimum Gasteiger partial charge on any atom is -0.316 e. The maximum Gasteiger partial charge on any atom is 0.0230 e. The molecule has 1 N–H and O–H groups in total. The van der Waals surface area contributed by atoms with Gasteiger partial charge in [0.1, 0.15) is 0 Å². The maximum atomic E-state index is 3.63. The predicted molar refractivity (Wildman–Crippen MR) is 93.6 cm³/mol. The molecule has 0 bridgehead atoms. The van der Waals surface area contributed by atoms with Crippen molar-refractivity contribution in [3.8, 4) is 0 Å². The Kier molecular flexibility index (Phi) is 7.41. The van der Waals surface area contributed by atoms with Crippen LogP contribution in [0.5, 0.6) is 0 Å². The van der Waals surface area contributed by atoms with E-state index in [0.717, 1.165) is 32.1 Å². The van der Waals surface area contributed by atoms with E-state index in [0.29, 0.717) is 5.41 Å². The predicted octanol–water partition coefficient (Wildman–Crippen LogP) is 4.09. The Morgan fingerprint density at radius 1 is 1.19 bits per heavy atom. The van der Waals surface area contributed by atoms with Crippen LogP contribution in [0.3, 0.4) is 0 Å². The van der Waals surface area contributed by atoms with E-state index in [1.807, 2.05) is 0 Å². The highest BCUT2D eigenvalue weighted by Crippen LogP contribution is 2.22. The first-order valence-electron chi connectivity index (χ1n) is 8.29. The van der Waals surface area contributed by atoms with Gasteiger partial charge in [-0.1, -0.05) is 57.5 Å². The lowest BCUT2D eigenvalue weighted by atomic mass is 9.86. The summed E-state index contributed by atoms with van der Waals surface area (Å²) >= 11 is 0. The smallest absolute Gasteiger partial charge is 0.0230 e. The van der Waals surface area contributed by atoms with Crippen molar-refractivity contribution in [2.45, 2.75) is 47.6 Å². The van der Waals surface area contributed by atoms with E-state index in [-0.39, 0.29) is 0 Å². The molecule has 2 nitrogen and oxygen atoms in total. The van der Waals surface area contributed by atoms with Crippen molar-refractivity contribution >= 4 is 0 Å². The molecule has 1 rings (SSSR count). The quantitative estimate of drug-likeness (QED) is 0.737. The number of nitrogens with zero attached hydrogens (tertiary/aromatic N) is 1.